The first-order chi connectivity index (χ1) is 9.60. The zero-order valence-corrected chi connectivity index (χ0v) is 11.8. The van der Waals surface area contributed by atoms with E-state index in [1.54, 1.807) is 0 Å². The molecule has 1 amide bonds. The van der Waals surface area contributed by atoms with Gasteiger partial charge in [-0.2, -0.15) is 0 Å². The number of nitrogens with one attached hydrogen (secondary N) is 1. The summed E-state index contributed by atoms with van der Waals surface area (Å²) in [4.78, 5) is 11.3. The van der Waals surface area contributed by atoms with Crippen molar-refractivity contribution in [2.45, 2.75) is 45.1 Å². The molecular weight excluding hydrogens is 258 g/mol. The fraction of sp³-hybridized carbons (Fsp3) is 0.533. The molecule has 1 aliphatic rings. The Morgan fingerprint density at radius 1 is 1.45 bits per heavy atom. The number of amides is 1. The molecule has 1 aromatic carbocycles. The fourth-order valence-electron chi connectivity index (χ4n) is 2.31. The van der Waals surface area contributed by atoms with Crippen LogP contribution in [0.5, 0.6) is 5.75 Å². The highest BCUT2D eigenvalue weighted by atomic mass is 16.7. The first-order valence-corrected chi connectivity index (χ1v) is 6.86. The van der Waals surface area contributed by atoms with Gasteiger partial charge in [-0.25, -0.2) is 0 Å². The van der Waals surface area contributed by atoms with Crippen LogP contribution in [-0.4, -0.2) is 36.1 Å². The number of carbonyl (C=O) groups excluding carboxylic acids is 1. The van der Waals surface area contributed by atoms with E-state index < -0.39 is 6.29 Å². The Bertz CT molecular complexity index is 463. The summed E-state index contributed by atoms with van der Waals surface area (Å²) in [7, 11) is 0. The van der Waals surface area contributed by atoms with Crippen LogP contribution in [0, 0.1) is 6.92 Å². The minimum atomic E-state index is -0.578. The molecule has 1 aromatic rings. The topological polar surface area (TPSA) is 67.8 Å². The van der Waals surface area contributed by atoms with E-state index in [2.05, 4.69) is 5.32 Å². The minimum absolute atomic E-state index is 0.0412. The monoisotopic (exact) mass is 279 g/mol. The van der Waals surface area contributed by atoms with Crippen molar-refractivity contribution in [2.24, 2.45) is 0 Å². The Kier molecular flexibility index (Phi) is 4.98. The Balaban J connectivity index is 2.10. The van der Waals surface area contributed by atoms with Crippen LogP contribution < -0.4 is 10.1 Å². The van der Waals surface area contributed by atoms with Crippen molar-refractivity contribution in [2.75, 3.05) is 6.61 Å². The third-order valence-corrected chi connectivity index (χ3v) is 3.38. The largest absolute Gasteiger partial charge is 0.462 e. The van der Waals surface area contributed by atoms with Crippen molar-refractivity contribution in [3.8, 4) is 5.75 Å². The summed E-state index contributed by atoms with van der Waals surface area (Å²) in [5.74, 6) is 0.617. The van der Waals surface area contributed by atoms with Crippen LogP contribution in [0.25, 0.3) is 0 Å². The summed E-state index contributed by atoms with van der Waals surface area (Å²) in [5, 5.41) is 12.1. The Labute approximate surface area is 118 Å². The molecule has 1 fully saturated rings. The molecule has 0 bridgehead atoms. The second kappa shape index (κ2) is 6.72. The quantitative estimate of drug-likeness (QED) is 0.873. The lowest BCUT2D eigenvalue weighted by Crippen LogP contribution is -2.52. The SMILES string of the molecule is CC(=O)N[C@@H]1CC[C@@H](CO)O[C@@H]1Oc1ccccc1C. The number of para-hydroxylation sites is 1. The zero-order chi connectivity index (χ0) is 14.5. The van der Waals surface area contributed by atoms with Crippen molar-refractivity contribution in [3.05, 3.63) is 29.8 Å². The van der Waals surface area contributed by atoms with E-state index >= 15 is 0 Å². The fourth-order valence-corrected chi connectivity index (χ4v) is 2.31. The number of aliphatic hydroxyl groups is 1. The van der Waals surface area contributed by atoms with E-state index in [1.807, 2.05) is 31.2 Å². The van der Waals surface area contributed by atoms with E-state index in [0.717, 1.165) is 17.7 Å². The van der Waals surface area contributed by atoms with Gasteiger partial charge < -0.3 is 19.9 Å². The van der Waals surface area contributed by atoms with Crippen LogP contribution >= 0.6 is 0 Å². The number of benzene rings is 1. The standard InChI is InChI=1S/C15H21NO4/c1-10-5-3-4-6-14(10)20-15-13(16-11(2)18)8-7-12(9-17)19-15/h3-6,12-13,15,17H,7-9H2,1-2H3,(H,16,18)/t12-,13+,15+/m0/s1. The molecule has 110 valence electrons. The lowest BCUT2D eigenvalue weighted by atomic mass is 10.0. The van der Waals surface area contributed by atoms with Crippen LogP contribution in [0.15, 0.2) is 24.3 Å². The van der Waals surface area contributed by atoms with E-state index in [1.165, 1.54) is 6.92 Å². The molecule has 1 saturated heterocycles. The highest BCUT2D eigenvalue weighted by molar-refractivity contribution is 5.73. The lowest BCUT2D eigenvalue weighted by molar-refractivity contribution is -0.175. The summed E-state index contributed by atoms with van der Waals surface area (Å²) < 4.78 is 11.6. The average molecular weight is 279 g/mol. The van der Waals surface area contributed by atoms with Gasteiger partial charge in [0, 0.05) is 6.92 Å². The molecule has 3 atom stereocenters. The molecule has 2 rings (SSSR count). The van der Waals surface area contributed by atoms with Crippen molar-refractivity contribution < 1.29 is 19.4 Å². The van der Waals surface area contributed by atoms with Crippen molar-refractivity contribution in [1.29, 1.82) is 0 Å². The van der Waals surface area contributed by atoms with E-state index in [0.29, 0.717) is 6.42 Å². The number of aryl methyl sites for hydroxylation is 1. The summed E-state index contributed by atoms with van der Waals surface area (Å²) in [5.41, 5.74) is 1.00. The van der Waals surface area contributed by atoms with Crippen LogP contribution in [-0.2, 0) is 9.53 Å². The van der Waals surface area contributed by atoms with Crippen LogP contribution in [0.1, 0.15) is 25.3 Å². The van der Waals surface area contributed by atoms with Gasteiger partial charge in [-0.15, -0.1) is 0 Å². The number of carbonyl (C=O) groups is 1. The summed E-state index contributed by atoms with van der Waals surface area (Å²) in [6, 6.07) is 7.45. The van der Waals surface area contributed by atoms with Crippen molar-refractivity contribution >= 4 is 5.91 Å². The molecule has 1 heterocycles. The van der Waals surface area contributed by atoms with Gasteiger partial charge in [0.25, 0.3) is 0 Å². The predicted molar refractivity (Wildman–Crippen MR) is 74.4 cm³/mol. The molecule has 0 radical (unpaired) electrons. The minimum Gasteiger partial charge on any atom is -0.462 e. The van der Waals surface area contributed by atoms with E-state index in [-0.39, 0.29) is 24.7 Å². The Morgan fingerprint density at radius 2 is 2.20 bits per heavy atom. The highest BCUT2D eigenvalue weighted by Crippen LogP contribution is 2.25. The van der Waals surface area contributed by atoms with Gasteiger partial charge in [0.05, 0.1) is 18.8 Å². The smallest absolute Gasteiger partial charge is 0.220 e. The molecule has 0 unspecified atom stereocenters. The predicted octanol–water partition coefficient (Wildman–Crippen LogP) is 1.38. The molecule has 0 saturated carbocycles. The number of rotatable bonds is 4. The highest BCUT2D eigenvalue weighted by Gasteiger charge is 2.33. The maximum absolute atomic E-state index is 11.3. The van der Waals surface area contributed by atoms with Crippen LogP contribution in [0.2, 0.25) is 0 Å². The first-order valence-electron chi connectivity index (χ1n) is 6.86. The molecule has 0 spiro atoms. The molecule has 0 aliphatic carbocycles. The Morgan fingerprint density at radius 3 is 2.85 bits per heavy atom. The third-order valence-electron chi connectivity index (χ3n) is 3.38. The van der Waals surface area contributed by atoms with Gasteiger partial charge in [-0.3, -0.25) is 4.79 Å². The maximum Gasteiger partial charge on any atom is 0.220 e. The number of hydrogen-bond acceptors (Lipinski definition) is 4. The molecule has 20 heavy (non-hydrogen) atoms. The van der Waals surface area contributed by atoms with Crippen LogP contribution in [0.4, 0.5) is 0 Å². The van der Waals surface area contributed by atoms with E-state index in [4.69, 9.17) is 9.47 Å². The average Bonchev–Trinajstić information content (AvgIpc) is 2.42. The lowest BCUT2D eigenvalue weighted by Gasteiger charge is -2.36. The number of hydrogen-bond donors (Lipinski definition) is 2. The number of aliphatic hydroxyl groups excluding tert-OH is 1. The number of ether oxygens (including phenoxy) is 2. The Hall–Kier alpha value is -1.59. The van der Waals surface area contributed by atoms with Gasteiger partial charge in [-0.05, 0) is 31.4 Å². The van der Waals surface area contributed by atoms with Crippen molar-refractivity contribution in [1.82, 2.24) is 5.32 Å². The van der Waals surface area contributed by atoms with Gasteiger partial charge >= 0.3 is 0 Å². The summed E-state index contributed by atoms with van der Waals surface area (Å²) in [6.07, 6.45) is 0.608. The second-order valence-electron chi connectivity index (χ2n) is 5.08. The summed E-state index contributed by atoms with van der Waals surface area (Å²) in [6.45, 7) is 3.39. The molecule has 5 nitrogen and oxygen atoms in total. The van der Waals surface area contributed by atoms with Gasteiger partial charge in [0.1, 0.15) is 5.75 Å². The van der Waals surface area contributed by atoms with E-state index in [9.17, 15) is 9.90 Å². The van der Waals surface area contributed by atoms with Gasteiger partial charge in [0.15, 0.2) is 0 Å². The third kappa shape index (κ3) is 3.71. The molecule has 1 aliphatic heterocycles. The van der Waals surface area contributed by atoms with Gasteiger partial charge in [0.2, 0.25) is 12.2 Å². The second-order valence-corrected chi connectivity index (χ2v) is 5.08. The zero-order valence-electron chi connectivity index (χ0n) is 11.8. The van der Waals surface area contributed by atoms with Crippen LogP contribution in [0.3, 0.4) is 0 Å². The molecule has 2 N–H and O–H groups in total. The molecule has 5 heteroatoms. The molecule has 0 aromatic heterocycles. The first kappa shape index (κ1) is 14.8. The van der Waals surface area contributed by atoms with Crippen molar-refractivity contribution in [3.63, 3.8) is 0 Å². The van der Waals surface area contributed by atoms with Gasteiger partial charge in [-0.1, -0.05) is 18.2 Å². The normalized spacial score (nSPS) is 26.1. The molecular formula is C15H21NO4. The summed E-state index contributed by atoms with van der Waals surface area (Å²) >= 11 is 0. The maximum atomic E-state index is 11.3.